The van der Waals surface area contributed by atoms with Gasteiger partial charge in [0.05, 0.1) is 0 Å². The molecule has 0 fully saturated rings. The molecule has 0 saturated heterocycles. The van der Waals surface area contributed by atoms with Crippen molar-refractivity contribution in [3.8, 4) is 0 Å². The van der Waals surface area contributed by atoms with Crippen molar-refractivity contribution in [2.24, 2.45) is 5.92 Å². The third kappa shape index (κ3) is 2.35. The summed E-state index contributed by atoms with van der Waals surface area (Å²) >= 11 is 0. The summed E-state index contributed by atoms with van der Waals surface area (Å²) in [6.07, 6.45) is 1.76. The molecular weight excluding hydrogens is 180 g/mol. The molecule has 78 valence electrons. The minimum absolute atomic E-state index is 0.108. The Morgan fingerprint density at radius 3 is 2.93 bits per heavy atom. The summed E-state index contributed by atoms with van der Waals surface area (Å²) in [7, 11) is 0. The van der Waals surface area contributed by atoms with E-state index in [1.165, 1.54) is 0 Å². The lowest BCUT2D eigenvalue weighted by atomic mass is 10.1. The van der Waals surface area contributed by atoms with Gasteiger partial charge >= 0.3 is 0 Å². The van der Waals surface area contributed by atoms with Gasteiger partial charge < -0.3 is 15.3 Å². The Morgan fingerprint density at radius 2 is 2.36 bits per heavy atom. The van der Waals surface area contributed by atoms with Gasteiger partial charge in [-0.2, -0.15) is 0 Å². The van der Waals surface area contributed by atoms with Gasteiger partial charge in [-0.1, -0.05) is 13.5 Å². The maximum absolute atomic E-state index is 11.2. The zero-order valence-electron chi connectivity index (χ0n) is 8.58. The van der Waals surface area contributed by atoms with Crippen LogP contribution in [0.25, 0.3) is 0 Å². The second kappa shape index (κ2) is 4.28. The predicted octanol–water partition coefficient (Wildman–Crippen LogP) is 0.422. The average molecular weight is 196 g/mol. The van der Waals surface area contributed by atoms with E-state index in [1.54, 1.807) is 13.1 Å². The van der Waals surface area contributed by atoms with Crippen LogP contribution in [-0.2, 0) is 4.79 Å². The number of nitrogens with one attached hydrogen (secondary N) is 1. The van der Waals surface area contributed by atoms with E-state index in [4.69, 9.17) is 5.11 Å². The van der Waals surface area contributed by atoms with Crippen LogP contribution in [0.3, 0.4) is 0 Å². The minimum Gasteiger partial charge on any atom is -0.396 e. The average Bonchev–Trinajstić information content (AvgIpc) is 2.14. The van der Waals surface area contributed by atoms with Gasteiger partial charge in [0.1, 0.15) is 5.82 Å². The highest BCUT2D eigenvalue weighted by molar-refractivity contribution is 5.94. The van der Waals surface area contributed by atoms with Crippen LogP contribution in [0.1, 0.15) is 13.8 Å². The molecule has 1 aliphatic rings. The van der Waals surface area contributed by atoms with Crippen LogP contribution >= 0.6 is 0 Å². The number of carbonyl (C=O) groups is 1. The van der Waals surface area contributed by atoms with Crippen molar-refractivity contribution in [3.05, 3.63) is 24.2 Å². The van der Waals surface area contributed by atoms with Gasteiger partial charge in [0.2, 0.25) is 0 Å². The molecule has 1 rings (SSSR count). The smallest absolute Gasteiger partial charge is 0.253 e. The van der Waals surface area contributed by atoms with E-state index in [0.29, 0.717) is 17.9 Å². The second-order valence-electron chi connectivity index (χ2n) is 3.65. The maximum atomic E-state index is 11.2. The van der Waals surface area contributed by atoms with Gasteiger partial charge in [-0.05, 0) is 12.8 Å². The van der Waals surface area contributed by atoms with Crippen LogP contribution in [0.4, 0.5) is 0 Å². The lowest BCUT2D eigenvalue weighted by Crippen LogP contribution is -2.39. The van der Waals surface area contributed by atoms with Gasteiger partial charge in [-0.25, -0.2) is 0 Å². The van der Waals surface area contributed by atoms with Crippen molar-refractivity contribution in [1.82, 2.24) is 10.2 Å². The van der Waals surface area contributed by atoms with E-state index < -0.39 is 0 Å². The Morgan fingerprint density at radius 1 is 1.71 bits per heavy atom. The van der Waals surface area contributed by atoms with E-state index in [0.717, 1.165) is 0 Å². The first kappa shape index (κ1) is 10.8. The zero-order chi connectivity index (χ0) is 10.7. The Labute approximate surface area is 83.9 Å². The number of nitrogens with zero attached hydrogens (tertiary/aromatic N) is 1. The molecule has 4 heteroatoms. The molecule has 1 atom stereocenters. The number of carbonyl (C=O) groups excluding carboxylic acids is 1. The fourth-order valence-corrected chi connectivity index (χ4v) is 1.23. The van der Waals surface area contributed by atoms with Crippen LogP contribution in [0.5, 0.6) is 0 Å². The third-order valence-corrected chi connectivity index (χ3v) is 2.13. The molecule has 0 aromatic carbocycles. The van der Waals surface area contributed by atoms with E-state index in [1.807, 2.05) is 11.8 Å². The summed E-state index contributed by atoms with van der Waals surface area (Å²) in [4.78, 5) is 13.0. The summed E-state index contributed by atoms with van der Waals surface area (Å²) in [6, 6.07) is 0. The van der Waals surface area contributed by atoms with Crippen LogP contribution in [-0.4, -0.2) is 29.1 Å². The molecule has 0 bridgehead atoms. The summed E-state index contributed by atoms with van der Waals surface area (Å²) in [5, 5.41) is 11.6. The Bertz CT molecular complexity index is 284. The molecule has 1 heterocycles. The molecule has 0 aromatic rings. The summed E-state index contributed by atoms with van der Waals surface area (Å²) in [5.41, 5.74) is 0.655. The first-order valence-corrected chi connectivity index (χ1v) is 4.60. The number of aliphatic hydroxyl groups excluding tert-OH is 1. The lowest BCUT2D eigenvalue weighted by molar-refractivity contribution is -0.117. The van der Waals surface area contributed by atoms with Crippen molar-refractivity contribution in [2.45, 2.75) is 13.8 Å². The lowest BCUT2D eigenvalue weighted by Gasteiger charge is -2.29. The Kier molecular flexibility index (Phi) is 3.30. The monoisotopic (exact) mass is 196 g/mol. The van der Waals surface area contributed by atoms with Gasteiger partial charge in [0.15, 0.2) is 0 Å². The molecule has 1 aliphatic heterocycles. The first-order chi connectivity index (χ1) is 6.54. The first-order valence-electron chi connectivity index (χ1n) is 4.60. The molecule has 4 nitrogen and oxygen atoms in total. The van der Waals surface area contributed by atoms with Crippen molar-refractivity contribution >= 4 is 5.91 Å². The molecule has 1 unspecified atom stereocenters. The highest BCUT2D eigenvalue weighted by Gasteiger charge is 2.18. The largest absolute Gasteiger partial charge is 0.396 e. The number of aliphatic hydroxyl groups is 1. The van der Waals surface area contributed by atoms with Crippen LogP contribution < -0.4 is 5.32 Å². The highest BCUT2D eigenvalue weighted by atomic mass is 16.3. The molecular formula is C10H16N2O2. The normalized spacial score (nSPS) is 19.1. The molecule has 14 heavy (non-hydrogen) atoms. The molecule has 0 spiro atoms. The number of hydrogen-bond donors (Lipinski definition) is 2. The Hall–Kier alpha value is -1.29. The number of hydrogen-bond acceptors (Lipinski definition) is 3. The quantitative estimate of drug-likeness (QED) is 0.688. The maximum Gasteiger partial charge on any atom is 0.253 e. The topological polar surface area (TPSA) is 52.6 Å². The molecule has 0 aromatic heterocycles. The SMILES string of the molecule is C=C1NC(=O)C(C)=CN1CC(C)CO. The van der Waals surface area contributed by atoms with Crippen molar-refractivity contribution < 1.29 is 9.90 Å². The van der Waals surface area contributed by atoms with Gasteiger partial charge in [-0.15, -0.1) is 0 Å². The minimum atomic E-state index is -0.108. The van der Waals surface area contributed by atoms with Gasteiger partial charge in [0, 0.05) is 24.9 Å². The van der Waals surface area contributed by atoms with E-state index in [-0.39, 0.29) is 18.4 Å². The van der Waals surface area contributed by atoms with Crippen molar-refractivity contribution in [3.63, 3.8) is 0 Å². The molecule has 1 amide bonds. The third-order valence-electron chi connectivity index (χ3n) is 2.13. The van der Waals surface area contributed by atoms with Crippen molar-refractivity contribution in [1.29, 1.82) is 0 Å². The fourth-order valence-electron chi connectivity index (χ4n) is 1.23. The van der Waals surface area contributed by atoms with E-state index >= 15 is 0 Å². The standard InChI is InChI=1S/C10H16N2O2/c1-7(6-13)4-12-5-8(2)10(14)11-9(12)3/h5,7,13H,3-4,6H2,1-2H3,(H,11,14). The van der Waals surface area contributed by atoms with E-state index in [2.05, 4.69) is 11.9 Å². The zero-order valence-corrected chi connectivity index (χ0v) is 8.58. The van der Waals surface area contributed by atoms with Crippen LogP contribution in [0, 0.1) is 5.92 Å². The summed E-state index contributed by atoms with van der Waals surface area (Å²) in [5.74, 6) is 0.620. The molecule has 2 N–H and O–H groups in total. The fraction of sp³-hybridized carbons (Fsp3) is 0.500. The molecule has 0 radical (unpaired) electrons. The number of rotatable bonds is 3. The second-order valence-corrected chi connectivity index (χ2v) is 3.65. The summed E-state index contributed by atoms with van der Waals surface area (Å²) < 4.78 is 0. The van der Waals surface area contributed by atoms with Gasteiger partial charge in [0.25, 0.3) is 5.91 Å². The highest BCUT2D eigenvalue weighted by Crippen LogP contribution is 2.12. The Balaban J connectivity index is 2.69. The van der Waals surface area contributed by atoms with Crippen LogP contribution in [0.15, 0.2) is 24.2 Å². The summed E-state index contributed by atoms with van der Waals surface area (Å²) in [6.45, 7) is 8.21. The molecule has 0 aliphatic carbocycles. The molecule has 0 saturated carbocycles. The van der Waals surface area contributed by atoms with Crippen molar-refractivity contribution in [2.75, 3.05) is 13.2 Å². The van der Waals surface area contributed by atoms with E-state index in [9.17, 15) is 4.79 Å². The predicted molar refractivity (Wildman–Crippen MR) is 54.0 cm³/mol. The van der Waals surface area contributed by atoms with Gasteiger partial charge in [-0.3, -0.25) is 4.79 Å². The van der Waals surface area contributed by atoms with Crippen LogP contribution in [0.2, 0.25) is 0 Å². The number of amides is 1.